The summed E-state index contributed by atoms with van der Waals surface area (Å²) in [5.41, 5.74) is 5.81. The van der Waals surface area contributed by atoms with Crippen LogP contribution in [0.4, 0.5) is 0 Å². The lowest BCUT2D eigenvalue weighted by Gasteiger charge is -2.36. The van der Waals surface area contributed by atoms with Gasteiger partial charge in [-0.3, -0.25) is 4.90 Å². The molecule has 20 heavy (non-hydrogen) atoms. The van der Waals surface area contributed by atoms with Gasteiger partial charge in [-0.2, -0.15) is 0 Å². The average Bonchev–Trinajstić information content (AvgIpc) is 2.47. The Morgan fingerprint density at radius 2 is 1.85 bits per heavy atom. The molecule has 0 spiro atoms. The van der Waals surface area contributed by atoms with Gasteiger partial charge in [-0.15, -0.1) is 0 Å². The van der Waals surface area contributed by atoms with E-state index in [4.69, 9.17) is 5.73 Å². The Morgan fingerprint density at radius 3 is 2.35 bits per heavy atom. The minimum atomic E-state index is -0.961. The highest BCUT2D eigenvalue weighted by Crippen LogP contribution is 2.22. The summed E-state index contributed by atoms with van der Waals surface area (Å²) >= 11 is 0. The maximum atomic E-state index is 10.9. The topological polar surface area (TPSA) is 49.5 Å². The van der Waals surface area contributed by atoms with Gasteiger partial charge in [0.2, 0.25) is 0 Å². The summed E-state index contributed by atoms with van der Waals surface area (Å²) in [6.45, 7) is 8.41. The summed E-state index contributed by atoms with van der Waals surface area (Å²) in [5.74, 6) is 0. The lowest BCUT2D eigenvalue weighted by molar-refractivity contribution is -0.00258. The van der Waals surface area contributed by atoms with E-state index in [0.29, 0.717) is 12.6 Å². The predicted molar refractivity (Wildman–Crippen MR) is 85.6 cm³/mol. The molecule has 0 aliphatic carbocycles. The van der Waals surface area contributed by atoms with E-state index in [1.165, 1.54) is 19.3 Å². The second-order valence-corrected chi connectivity index (χ2v) is 5.87. The van der Waals surface area contributed by atoms with Crippen LogP contribution in [0.1, 0.15) is 45.6 Å². The normalized spacial score (nSPS) is 14.8. The summed E-state index contributed by atoms with van der Waals surface area (Å²) in [5, 5.41) is 10.9. The van der Waals surface area contributed by atoms with Crippen molar-refractivity contribution in [3.05, 3.63) is 35.9 Å². The largest absolute Gasteiger partial charge is 0.382 e. The first kappa shape index (κ1) is 17.2. The van der Waals surface area contributed by atoms with Crippen molar-refractivity contribution in [1.82, 2.24) is 4.90 Å². The van der Waals surface area contributed by atoms with Crippen molar-refractivity contribution in [1.29, 1.82) is 0 Å². The smallest absolute Gasteiger partial charge is 0.114 e. The molecule has 0 radical (unpaired) electrons. The van der Waals surface area contributed by atoms with Crippen LogP contribution in [0.5, 0.6) is 0 Å². The van der Waals surface area contributed by atoms with Gasteiger partial charge in [0.1, 0.15) is 5.60 Å². The molecule has 3 N–H and O–H groups in total. The van der Waals surface area contributed by atoms with E-state index in [2.05, 4.69) is 25.7 Å². The first-order chi connectivity index (χ1) is 9.53. The van der Waals surface area contributed by atoms with Gasteiger partial charge in [-0.1, -0.05) is 50.1 Å². The van der Waals surface area contributed by atoms with Crippen LogP contribution in [0, 0.1) is 0 Å². The standard InChI is InChI=1S/C17H30N2O/c1-4-5-9-12-19(15(2)3)14-17(20,13-18)16-10-7-6-8-11-16/h6-8,10-11,15,20H,4-5,9,12-14,18H2,1-3H3. The Morgan fingerprint density at radius 1 is 1.20 bits per heavy atom. The van der Waals surface area contributed by atoms with E-state index in [1.807, 2.05) is 30.3 Å². The highest BCUT2D eigenvalue weighted by atomic mass is 16.3. The number of aliphatic hydroxyl groups is 1. The van der Waals surface area contributed by atoms with Crippen LogP contribution in [0.25, 0.3) is 0 Å². The molecular weight excluding hydrogens is 248 g/mol. The molecule has 0 aliphatic heterocycles. The molecule has 3 heteroatoms. The monoisotopic (exact) mass is 278 g/mol. The lowest BCUT2D eigenvalue weighted by atomic mass is 9.92. The quantitative estimate of drug-likeness (QED) is 0.683. The van der Waals surface area contributed by atoms with Crippen LogP contribution in [0.3, 0.4) is 0 Å². The Balaban J connectivity index is 2.77. The second-order valence-electron chi connectivity index (χ2n) is 5.87. The zero-order valence-electron chi connectivity index (χ0n) is 13.2. The fourth-order valence-corrected chi connectivity index (χ4v) is 2.44. The van der Waals surface area contributed by atoms with Crippen molar-refractivity contribution >= 4 is 0 Å². The van der Waals surface area contributed by atoms with Gasteiger partial charge in [0, 0.05) is 19.1 Å². The molecule has 1 aromatic carbocycles. The number of hydrogen-bond acceptors (Lipinski definition) is 3. The maximum Gasteiger partial charge on any atom is 0.114 e. The maximum absolute atomic E-state index is 10.9. The number of hydrogen-bond donors (Lipinski definition) is 2. The van der Waals surface area contributed by atoms with Crippen LogP contribution < -0.4 is 5.73 Å². The molecule has 0 aromatic heterocycles. The predicted octanol–water partition coefficient (Wildman–Crippen LogP) is 2.73. The van der Waals surface area contributed by atoms with Crippen LogP contribution >= 0.6 is 0 Å². The molecule has 114 valence electrons. The van der Waals surface area contributed by atoms with E-state index in [0.717, 1.165) is 12.1 Å². The van der Waals surface area contributed by atoms with Gasteiger partial charge in [0.05, 0.1) is 0 Å². The molecule has 0 bridgehead atoms. The minimum Gasteiger partial charge on any atom is -0.382 e. The van der Waals surface area contributed by atoms with Crippen molar-refractivity contribution in [2.45, 2.75) is 51.7 Å². The summed E-state index contributed by atoms with van der Waals surface area (Å²) in [6, 6.07) is 10.2. The highest BCUT2D eigenvalue weighted by Gasteiger charge is 2.30. The molecule has 0 fully saturated rings. The van der Waals surface area contributed by atoms with Crippen LogP contribution in [0.2, 0.25) is 0 Å². The van der Waals surface area contributed by atoms with E-state index in [9.17, 15) is 5.11 Å². The van der Waals surface area contributed by atoms with E-state index in [1.54, 1.807) is 0 Å². The molecule has 0 amide bonds. The van der Waals surface area contributed by atoms with Crippen molar-refractivity contribution in [3.63, 3.8) is 0 Å². The van der Waals surface area contributed by atoms with Gasteiger partial charge >= 0.3 is 0 Å². The zero-order chi connectivity index (χ0) is 15.0. The number of nitrogens with two attached hydrogens (primary N) is 1. The molecule has 0 heterocycles. The van der Waals surface area contributed by atoms with Crippen molar-refractivity contribution in [3.8, 4) is 0 Å². The summed E-state index contributed by atoms with van der Waals surface area (Å²) in [7, 11) is 0. The first-order valence-corrected chi connectivity index (χ1v) is 7.75. The molecule has 0 saturated heterocycles. The Labute approximate surface area is 123 Å². The second kappa shape index (κ2) is 8.40. The lowest BCUT2D eigenvalue weighted by Crippen LogP contribution is -2.48. The average molecular weight is 278 g/mol. The third-order valence-corrected chi connectivity index (χ3v) is 3.89. The molecular formula is C17H30N2O. The SMILES string of the molecule is CCCCCN(CC(O)(CN)c1ccccc1)C(C)C. The van der Waals surface area contributed by atoms with Gasteiger partial charge < -0.3 is 10.8 Å². The van der Waals surface area contributed by atoms with Crippen molar-refractivity contribution in [2.24, 2.45) is 5.73 Å². The number of nitrogens with zero attached hydrogens (tertiary/aromatic N) is 1. The third kappa shape index (κ3) is 4.89. The Kier molecular flexibility index (Phi) is 7.20. The summed E-state index contributed by atoms with van der Waals surface area (Å²) in [4.78, 5) is 2.33. The van der Waals surface area contributed by atoms with Gasteiger partial charge in [0.25, 0.3) is 0 Å². The fraction of sp³-hybridized carbons (Fsp3) is 0.647. The highest BCUT2D eigenvalue weighted by molar-refractivity contribution is 5.23. The number of unbranched alkanes of at least 4 members (excludes halogenated alkanes) is 2. The van der Waals surface area contributed by atoms with Crippen LogP contribution in [0.15, 0.2) is 30.3 Å². The van der Waals surface area contributed by atoms with Crippen molar-refractivity contribution in [2.75, 3.05) is 19.6 Å². The van der Waals surface area contributed by atoms with Gasteiger partial charge in [-0.25, -0.2) is 0 Å². The minimum absolute atomic E-state index is 0.244. The molecule has 0 saturated carbocycles. The summed E-state index contributed by atoms with van der Waals surface area (Å²) < 4.78 is 0. The van der Waals surface area contributed by atoms with Gasteiger partial charge in [0.15, 0.2) is 0 Å². The third-order valence-electron chi connectivity index (χ3n) is 3.89. The Bertz CT molecular complexity index is 367. The Hall–Kier alpha value is -0.900. The van der Waals surface area contributed by atoms with E-state index in [-0.39, 0.29) is 6.54 Å². The van der Waals surface area contributed by atoms with Gasteiger partial charge in [-0.05, 0) is 32.4 Å². The molecule has 0 aliphatic rings. The van der Waals surface area contributed by atoms with E-state index >= 15 is 0 Å². The summed E-state index contributed by atoms with van der Waals surface area (Å²) in [6.07, 6.45) is 3.62. The number of benzene rings is 1. The zero-order valence-corrected chi connectivity index (χ0v) is 13.2. The van der Waals surface area contributed by atoms with Crippen LogP contribution in [-0.2, 0) is 5.60 Å². The fourth-order valence-electron chi connectivity index (χ4n) is 2.44. The molecule has 1 rings (SSSR count). The van der Waals surface area contributed by atoms with Crippen LogP contribution in [-0.4, -0.2) is 35.7 Å². The molecule has 1 atom stereocenters. The number of rotatable bonds is 9. The first-order valence-electron chi connectivity index (χ1n) is 7.75. The molecule has 3 nitrogen and oxygen atoms in total. The van der Waals surface area contributed by atoms with E-state index < -0.39 is 5.60 Å². The molecule has 1 unspecified atom stereocenters. The molecule has 1 aromatic rings. The van der Waals surface area contributed by atoms with Crippen molar-refractivity contribution < 1.29 is 5.11 Å².